The first-order valence-corrected chi connectivity index (χ1v) is 7.85. The number of aliphatic imine (C=N–C) groups is 2. The van der Waals surface area contributed by atoms with Crippen molar-refractivity contribution in [2.75, 3.05) is 13.2 Å². The van der Waals surface area contributed by atoms with Gasteiger partial charge in [0.05, 0.1) is 24.6 Å². The molecule has 0 N–H and O–H groups in total. The molecule has 0 amide bonds. The van der Waals surface area contributed by atoms with E-state index in [2.05, 4.69) is 9.98 Å². The van der Waals surface area contributed by atoms with Crippen molar-refractivity contribution in [3.63, 3.8) is 0 Å². The molecule has 25 heavy (non-hydrogen) atoms. The molecule has 0 aliphatic rings. The number of carbonyl (C=O) groups excluding carboxylic acids is 2. The molecule has 6 heteroatoms. The minimum Gasteiger partial charge on any atom is -0.494 e. The second-order valence-corrected chi connectivity index (χ2v) is 5.25. The summed E-state index contributed by atoms with van der Waals surface area (Å²) in [6.07, 6.45) is 4.72. The highest BCUT2D eigenvalue weighted by atomic mass is 16.5. The van der Waals surface area contributed by atoms with Crippen LogP contribution in [-0.2, 0) is 9.59 Å². The molecule has 0 fully saturated rings. The standard InChI is InChI=1S/C19H18N2O4/c1-15-12-18(8-9-19(15)21-14-23)25-11-3-2-10-24-17-6-4-16(5-7-17)20-13-22/h4-9,12H,2-3,10-11H2,1H3. The van der Waals surface area contributed by atoms with Crippen LogP contribution in [0.3, 0.4) is 0 Å². The van der Waals surface area contributed by atoms with Crippen LogP contribution in [0.2, 0.25) is 0 Å². The van der Waals surface area contributed by atoms with Gasteiger partial charge >= 0.3 is 0 Å². The molecule has 0 bridgehead atoms. The van der Waals surface area contributed by atoms with Crippen molar-refractivity contribution >= 4 is 23.5 Å². The van der Waals surface area contributed by atoms with Crippen LogP contribution in [0.25, 0.3) is 0 Å². The largest absolute Gasteiger partial charge is 0.494 e. The van der Waals surface area contributed by atoms with Crippen molar-refractivity contribution in [1.29, 1.82) is 0 Å². The Morgan fingerprint density at radius 3 is 2.04 bits per heavy atom. The first kappa shape index (κ1) is 18.1. The van der Waals surface area contributed by atoms with Crippen molar-refractivity contribution in [1.82, 2.24) is 0 Å². The monoisotopic (exact) mass is 338 g/mol. The Morgan fingerprint density at radius 1 is 0.840 bits per heavy atom. The van der Waals surface area contributed by atoms with Gasteiger partial charge in [-0.3, -0.25) is 0 Å². The van der Waals surface area contributed by atoms with E-state index in [9.17, 15) is 9.59 Å². The maximum absolute atomic E-state index is 10.3. The highest BCUT2D eigenvalue weighted by Crippen LogP contribution is 2.23. The number of ether oxygens (including phenoxy) is 2. The molecule has 0 spiro atoms. The summed E-state index contributed by atoms with van der Waals surface area (Å²) in [6.45, 7) is 3.01. The van der Waals surface area contributed by atoms with Gasteiger partial charge in [-0.05, 0) is 67.8 Å². The van der Waals surface area contributed by atoms with E-state index in [4.69, 9.17) is 9.47 Å². The fourth-order valence-electron chi connectivity index (χ4n) is 2.15. The number of hydrogen-bond acceptors (Lipinski definition) is 6. The predicted molar refractivity (Wildman–Crippen MR) is 93.4 cm³/mol. The Kier molecular flexibility index (Phi) is 7.13. The van der Waals surface area contributed by atoms with Gasteiger partial charge in [0, 0.05) is 0 Å². The van der Waals surface area contributed by atoms with Crippen molar-refractivity contribution in [3.8, 4) is 11.5 Å². The molecular weight excluding hydrogens is 320 g/mol. The molecule has 0 atom stereocenters. The summed E-state index contributed by atoms with van der Waals surface area (Å²) in [6, 6.07) is 12.3. The van der Waals surface area contributed by atoms with Gasteiger partial charge in [0.1, 0.15) is 11.5 Å². The lowest BCUT2D eigenvalue weighted by molar-refractivity contribution is 0.266. The van der Waals surface area contributed by atoms with Gasteiger partial charge in [-0.1, -0.05) is 0 Å². The van der Waals surface area contributed by atoms with E-state index in [1.54, 1.807) is 36.4 Å². The lowest BCUT2D eigenvalue weighted by Gasteiger charge is -2.09. The quantitative estimate of drug-likeness (QED) is 0.390. The molecule has 2 rings (SSSR count). The summed E-state index contributed by atoms with van der Waals surface area (Å²) in [5, 5.41) is 0. The van der Waals surface area contributed by atoms with Crippen LogP contribution in [0, 0.1) is 6.92 Å². The van der Waals surface area contributed by atoms with Gasteiger partial charge in [-0.15, -0.1) is 0 Å². The molecule has 0 aromatic heterocycles. The van der Waals surface area contributed by atoms with Crippen molar-refractivity contribution in [2.24, 2.45) is 9.98 Å². The number of unbranched alkanes of at least 4 members (excludes halogenated alkanes) is 1. The van der Waals surface area contributed by atoms with Crippen LogP contribution < -0.4 is 9.47 Å². The summed E-state index contributed by atoms with van der Waals surface area (Å²) >= 11 is 0. The summed E-state index contributed by atoms with van der Waals surface area (Å²) in [5.74, 6) is 1.47. The Balaban J connectivity index is 1.67. The Bertz CT molecular complexity index is 790. The van der Waals surface area contributed by atoms with Crippen LogP contribution in [0.15, 0.2) is 52.4 Å². The number of rotatable bonds is 9. The summed E-state index contributed by atoms with van der Waals surface area (Å²) in [7, 11) is 0. The average Bonchev–Trinajstić information content (AvgIpc) is 2.62. The molecule has 0 unspecified atom stereocenters. The molecule has 0 aliphatic heterocycles. The van der Waals surface area contributed by atoms with E-state index >= 15 is 0 Å². The van der Waals surface area contributed by atoms with E-state index in [1.165, 1.54) is 12.2 Å². The maximum Gasteiger partial charge on any atom is 0.240 e. The third-order valence-corrected chi connectivity index (χ3v) is 3.42. The third-order valence-electron chi connectivity index (χ3n) is 3.42. The van der Waals surface area contributed by atoms with Gasteiger partial charge in [-0.25, -0.2) is 9.59 Å². The number of isocyanates is 2. The minimum atomic E-state index is 0.552. The molecule has 2 aromatic rings. The first-order chi connectivity index (χ1) is 12.2. The van der Waals surface area contributed by atoms with Crippen LogP contribution in [0.4, 0.5) is 11.4 Å². The molecule has 6 nitrogen and oxygen atoms in total. The summed E-state index contributed by atoms with van der Waals surface area (Å²) < 4.78 is 11.3. The second-order valence-electron chi connectivity index (χ2n) is 5.25. The first-order valence-electron chi connectivity index (χ1n) is 7.85. The minimum absolute atomic E-state index is 0.552. The number of hydrogen-bond donors (Lipinski definition) is 0. The second kappa shape index (κ2) is 9.83. The molecule has 0 aliphatic carbocycles. The molecular formula is C19H18N2O4. The van der Waals surface area contributed by atoms with Crippen molar-refractivity contribution in [3.05, 3.63) is 48.0 Å². The third kappa shape index (κ3) is 6.07. The van der Waals surface area contributed by atoms with Gasteiger partial charge in [-0.2, -0.15) is 9.98 Å². The number of nitrogens with zero attached hydrogens (tertiary/aromatic N) is 2. The molecule has 2 aromatic carbocycles. The van der Waals surface area contributed by atoms with E-state index in [0.717, 1.165) is 29.9 Å². The lowest BCUT2D eigenvalue weighted by Crippen LogP contribution is -2.02. The van der Waals surface area contributed by atoms with Crippen LogP contribution in [0.1, 0.15) is 18.4 Å². The molecule has 0 saturated heterocycles. The van der Waals surface area contributed by atoms with E-state index < -0.39 is 0 Å². The Hall–Kier alpha value is -3.20. The fraction of sp³-hybridized carbons (Fsp3) is 0.263. The number of aryl methyl sites for hydroxylation is 1. The average molecular weight is 338 g/mol. The highest BCUT2D eigenvalue weighted by Gasteiger charge is 2.00. The van der Waals surface area contributed by atoms with E-state index in [-0.39, 0.29) is 0 Å². The normalized spacial score (nSPS) is 9.64. The highest BCUT2D eigenvalue weighted by molar-refractivity contribution is 5.55. The summed E-state index contributed by atoms with van der Waals surface area (Å²) in [5.41, 5.74) is 2.02. The fourth-order valence-corrected chi connectivity index (χ4v) is 2.15. The van der Waals surface area contributed by atoms with Crippen molar-refractivity contribution < 1.29 is 19.1 Å². The smallest absolute Gasteiger partial charge is 0.240 e. The lowest BCUT2D eigenvalue weighted by atomic mass is 10.2. The maximum atomic E-state index is 10.3. The predicted octanol–water partition coefficient (Wildman–Crippen LogP) is 4.17. The molecule has 0 saturated carbocycles. The van der Waals surface area contributed by atoms with Gasteiger partial charge in [0.15, 0.2) is 0 Å². The zero-order valence-corrected chi connectivity index (χ0v) is 13.9. The zero-order chi connectivity index (χ0) is 17.9. The molecule has 0 radical (unpaired) electrons. The topological polar surface area (TPSA) is 77.3 Å². The molecule has 128 valence electrons. The molecule has 0 heterocycles. The van der Waals surface area contributed by atoms with Gasteiger partial charge in [0.2, 0.25) is 12.2 Å². The Morgan fingerprint density at radius 2 is 1.44 bits per heavy atom. The van der Waals surface area contributed by atoms with E-state index in [1.807, 2.05) is 13.0 Å². The summed E-state index contributed by atoms with van der Waals surface area (Å²) in [4.78, 5) is 27.5. The van der Waals surface area contributed by atoms with Gasteiger partial charge < -0.3 is 9.47 Å². The van der Waals surface area contributed by atoms with Gasteiger partial charge in [0.25, 0.3) is 0 Å². The van der Waals surface area contributed by atoms with E-state index in [0.29, 0.717) is 24.6 Å². The Labute approximate surface area is 145 Å². The zero-order valence-electron chi connectivity index (χ0n) is 13.9. The number of benzene rings is 2. The van der Waals surface area contributed by atoms with Crippen LogP contribution in [-0.4, -0.2) is 25.4 Å². The van der Waals surface area contributed by atoms with Crippen LogP contribution in [0.5, 0.6) is 11.5 Å². The SMILES string of the molecule is Cc1cc(OCCCCOc2ccc(N=C=O)cc2)ccc1N=C=O. The van der Waals surface area contributed by atoms with Crippen LogP contribution >= 0.6 is 0 Å². The van der Waals surface area contributed by atoms with Crippen molar-refractivity contribution in [2.45, 2.75) is 19.8 Å².